The number of pyridine rings is 1. The molecule has 0 radical (unpaired) electrons. The van der Waals surface area contributed by atoms with Crippen molar-refractivity contribution >= 4 is 40.9 Å². The third-order valence-corrected chi connectivity index (χ3v) is 3.15. The van der Waals surface area contributed by atoms with Gasteiger partial charge in [-0.3, -0.25) is 15.5 Å². The number of aromatic nitrogens is 1. The minimum absolute atomic E-state index is 0.0365. The Balaban J connectivity index is 2.19. The van der Waals surface area contributed by atoms with Gasteiger partial charge in [0.15, 0.2) is 5.75 Å². The Labute approximate surface area is 135 Å². The predicted octanol–water partition coefficient (Wildman–Crippen LogP) is 3.75. The van der Waals surface area contributed by atoms with Gasteiger partial charge < -0.3 is 4.74 Å². The van der Waals surface area contributed by atoms with Crippen LogP contribution in [0, 0.1) is 10.1 Å². The molecule has 114 valence electrons. The lowest BCUT2D eigenvalue weighted by Gasteiger charge is -2.06. The first-order chi connectivity index (χ1) is 10.5. The normalized spacial score (nSPS) is 10.7. The molecule has 0 aliphatic carbocycles. The zero-order valence-electron chi connectivity index (χ0n) is 11.3. The Morgan fingerprint density at radius 1 is 1.41 bits per heavy atom. The minimum Gasteiger partial charge on any atom is -0.494 e. The van der Waals surface area contributed by atoms with E-state index in [2.05, 4.69) is 15.5 Å². The van der Waals surface area contributed by atoms with E-state index in [1.54, 1.807) is 12.1 Å². The summed E-state index contributed by atoms with van der Waals surface area (Å²) >= 11 is 12.0. The highest BCUT2D eigenvalue weighted by Gasteiger charge is 2.13. The molecule has 0 fully saturated rings. The maximum Gasteiger partial charge on any atom is 0.313 e. The lowest BCUT2D eigenvalue weighted by Crippen LogP contribution is -1.99. The summed E-state index contributed by atoms with van der Waals surface area (Å²) in [6.45, 7) is 0. The Bertz CT molecular complexity index is 714. The number of anilines is 1. The predicted molar refractivity (Wildman–Crippen MR) is 85.1 cm³/mol. The van der Waals surface area contributed by atoms with Crippen molar-refractivity contribution in [2.24, 2.45) is 5.10 Å². The molecule has 2 rings (SSSR count). The van der Waals surface area contributed by atoms with Gasteiger partial charge in [-0.25, -0.2) is 4.98 Å². The zero-order chi connectivity index (χ0) is 16.1. The maximum absolute atomic E-state index is 10.8. The van der Waals surface area contributed by atoms with Crippen molar-refractivity contribution in [1.29, 1.82) is 0 Å². The molecule has 9 heteroatoms. The number of nitro groups is 1. The average molecular weight is 341 g/mol. The molecule has 1 aromatic carbocycles. The summed E-state index contributed by atoms with van der Waals surface area (Å²) in [6, 6.07) is 6.00. The second-order valence-electron chi connectivity index (χ2n) is 4.02. The lowest BCUT2D eigenvalue weighted by molar-refractivity contribution is -0.384. The molecule has 0 unspecified atom stereocenters. The molecule has 2 aromatic rings. The van der Waals surface area contributed by atoms with Gasteiger partial charge in [-0.1, -0.05) is 23.2 Å². The van der Waals surface area contributed by atoms with Crippen LogP contribution in [0.5, 0.6) is 5.75 Å². The summed E-state index contributed by atoms with van der Waals surface area (Å²) in [4.78, 5) is 14.1. The van der Waals surface area contributed by atoms with E-state index in [0.717, 1.165) is 0 Å². The number of hydrazone groups is 1. The first kappa shape index (κ1) is 16.0. The van der Waals surface area contributed by atoms with E-state index in [9.17, 15) is 10.1 Å². The van der Waals surface area contributed by atoms with E-state index >= 15 is 0 Å². The smallest absolute Gasteiger partial charge is 0.313 e. The summed E-state index contributed by atoms with van der Waals surface area (Å²) in [6.07, 6.45) is 2.83. The number of hydrogen-bond donors (Lipinski definition) is 1. The highest BCUT2D eigenvalue weighted by atomic mass is 35.5. The Morgan fingerprint density at radius 3 is 2.68 bits per heavy atom. The van der Waals surface area contributed by atoms with Gasteiger partial charge in [-0.15, -0.1) is 0 Å². The van der Waals surface area contributed by atoms with Gasteiger partial charge in [-0.05, 0) is 23.8 Å². The van der Waals surface area contributed by atoms with Gasteiger partial charge in [0.1, 0.15) is 0 Å². The number of halogens is 2. The van der Waals surface area contributed by atoms with Crippen molar-refractivity contribution < 1.29 is 9.66 Å². The van der Waals surface area contributed by atoms with Crippen LogP contribution in [0.3, 0.4) is 0 Å². The molecular formula is C13H10Cl2N4O3. The first-order valence-electron chi connectivity index (χ1n) is 5.94. The summed E-state index contributed by atoms with van der Waals surface area (Å²) in [5.74, 6) is 0.406. The SMILES string of the molecule is COc1c(Cl)cc(/C=N\Nc2ncccc2[N+](=O)[O-])cc1Cl. The monoisotopic (exact) mass is 340 g/mol. The van der Waals surface area contributed by atoms with Gasteiger partial charge >= 0.3 is 5.69 Å². The quantitative estimate of drug-likeness (QED) is 0.508. The van der Waals surface area contributed by atoms with Crippen molar-refractivity contribution in [3.63, 3.8) is 0 Å². The van der Waals surface area contributed by atoms with Crippen LogP contribution in [-0.4, -0.2) is 23.2 Å². The molecule has 0 aliphatic heterocycles. The van der Waals surface area contributed by atoms with Gasteiger partial charge in [0.2, 0.25) is 5.82 Å². The Hall–Kier alpha value is -2.38. The Morgan fingerprint density at radius 2 is 2.09 bits per heavy atom. The van der Waals surface area contributed by atoms with Crippen LogP contribution in [-0.2, 0) is 0 Å². The second-order valence-corrected chi connectivity index (χ2v) is 4.83. The van der Waals surface area contributed by atoms with Crippen molar-refractivity contribution in [2.45, 2.75) is 0 Å². The molecule has 0 saturated carbocycles. The maximum atomic E-state index is 10.8. The zero-order valence-corrected chi connectivity index (χ0v) is 12.8. The van der Waals surface area contributed by atoms with Crippen LogP contribution >= 0.6 is 23.2 Å². The number of ether oxygens (including phenoxy) is 1. The highest BCUT2D eigenvalue weighted by molar-refractivity contribution is 6.37. The third kappa shape index (κ3) is 3.63. The first-order valence-corrected chi connectivity index (χ1v) is 6.70. The molecule has 22 heavy (non-hydrogen) atoms. The molecule has 1 heterocycles. The molecule has 0 amide bonds. The lowest BCUT2D eigenvalue weighted by atomic mass is 10.2. The van der Waals surface area contributed by atoms with Gasteiger partial charge in [0.25, 0.3) is 0 Å². The molecule has 0 saturated heterocycles. The number of rotatable bonds is 5. The van der Waals surface area contributed by atoms with E-state index in [-0.39, 0.29) is 11.5 Å². The fourth-order valence-corrected chi connectivity index (χ4v) is 2.31. The van der Waals surface area contributed by atoms with Crippen molar-refractivity contribution in [1.82, 2.24) is 4.98 Å². The number of nitrogens with zero attached hydrogens (tertiary/aromatic N) is 3. The summed E-state index contributed by atoms with van der Waals surface area (Å²) in [5, 5.41) is 15.4. The van der Waals surface area contributed by atoms with Gasteiger partial charge in [0, 0.05) is 12.3 Å². The van der Waals surface area contributed by atoms with E-state index in [1.165, 1.54) is 31.7 Å². The van der Waals surface area contributed by atoms with E-state index < -0.39 is 4.92 Å². The molecule has 1 aromatic heterocycles. The van der Waals surface area contributed by atoms with Crippen LogP contribution in [0.25, 0.3) is 0 Å². The van der Waals surface area contributed by atoms with Crippen molar-refractivity contribution in [3.8, 4) is 5.75 Å². The molecule has 0 atom stereocenters. The second kappa shape index (κ2) is 7.06. The number of methoxy groups -OCH3 is 1. The molecule has 0 aliphatic rings. The topological polar surface area (TPSA) is 89.7 Å². The number of benzene rings is 1. The standard InChI is InChI=1S/C13H10Cl2N4O3/c1-22-12-9(14)5-8(6-10(12)15)7-17-18-13-11(19(20)21)3-2-4-16-13/h2-7H,1H3,(H,16,18)/b17-7-. The van der Waals surface area contributed by atoms with Crippen LogP contribution in [0.15, 0.2) is 35.6 Å². The van der Waals surface area contributed by atoms with Crippen molar-refractivity contribution in [3.05, 3.63) is 56.2 Å². The molecule has 0 bridgehead atoms. The molecule has 1 N–H and O–H groups in total. The average Bonchev–Trinajstić information content (AvgIpc) is 2.47. The van der Waals surface area contributed by atoms with Crippen LogP contribution < -0.4 is 10.2 Å². The van der Waals surface area contributed by atoms with Crippen LogP contribution in [0.4, 0.5) is 11.5 Å². The minimum atomic E-state index is -0.550. The summed E-state index contributed by atoms with van der Waals surface area (Å²) < 4.78 is 5.04. The third-order valence-electron chi connectivity index (χ3n) is 2.59. The van der Waals surface area contributed by atoms with Gasteiger partial charge in [-0.2, -0.15) is 5.10 Å². The highest BCUT2D eigenvalue weighted by Crippen LogP contribution is 2.33. The summed E-state index contributed by atoms with van der Waals surface area (Å²) in [5.41, 5.74) is 2.93. The molecule has 0 spiro atoms. The van der Waals surface area contributed by atoms with Crippen LogP contribution in [0.1, 0.15) is 5.56 Å². The molecule has 7 nitrogen and oxygen atoms in total. The van der Waals surface area contributed by atoms with Crippen molar-refractivity contribution in [2.75, 3.05) is 12.5 Å². The number of hydrogen-bond acceptors (Lipinski definition) is 6. The largest absolute Gasteiger partial charge is 0.494 e. The number of nitrogens with one attached hydrogen (secondary N) is 1. The summed E-state index contributed by atoms with van der Waals surface area (Å²) in [7, 11) is 1.46. The Kier molecular flexibility index (Phi) is 5.13. The van der Waals surface area contributed by atoms with E-state index in [1.807, 2.05) is 0 Å². The van der Waals surface area contributed by atoms with Gasteiger partial charge in [0.05, 0.1) is 28.3 Å². The fourth-order valence-electron chi connectivity index (χ4n) is 1.65. The molecular weight excluding hydrogens is 331 g/mol. The van der Waals surface area contributed by atoms with Crippen LogP contribution in [0.2, 0.25) is 10.0 Å². The van der Waals surface area contributed by atoms with E-state index in [4.69, 9.17) is 27.9 Å². The van der Waals surface area contributed by atoms with E-state index in [0.29, 0.717) is 21.4 Å². The fraction of sp³-hybridized carbons (Fsp3) is 0.0769.